The Hall–Kier alpha value is -2.18. The summed E-state index contributed by atoms with van der Waals surface area (Å²) in [5, 5.41) is 0. The van der Waals surface area contributed by atoms with Gasteiger partial charge >= 0.3 is 0 Å². The lowest BCUT2D eigenvalue weighted by Crippen LogP contribution is -3.15. The largest absolute Gasteiger partial charge is 0.376 e. The van der Waals surface area contributed by atoms with Gasteiger partial charge in [0.2, 0.25) is 5.78 Å². The molecular weight excluding hydrogens is 352 g/mol. The number of pyridine rings is 1. The van der Waals surface area contributed by atoms with E-state index in [1.54, 1.807) is 0 Å². The van der Waals surface area contributed by atoms with Gasteiger partial charge in [0.05, 0.1) is 12.3 Å². The van der Waals surface area contributed by atoms with Crippen LogP contribution in [0.5, 0.6) is 0 Å². The number of ether oxygens (including phenoxy) is 1. The van der Waals surface area contributed by atoms with Crippen LogP contribution in [-0.2, 0) is 11.3 Å². The predicted molar refractivity (Wildman–Crippen MR) is 108 cm³/mol. The van der Waals surface area contributed by atoms with Gasteiger partial charge in [0, 0.05) is 36.2 Å². The van der Waals surface area contributed by atoms with E-state index in [1.165, 1.54) is 4.90 Å². The van der Waals surface area contributed by atoms with Gasteiger partial charge in [-0.1, -0.05) is 6.07 Å². The van der Waals surface area contributed by atoms with E-state index in [9.17, 15) is 4.79 Å². The van der Waals surface area contributed by atoms with Crippen molar-refractivity contribution < 1.29 is 19.4 Å². The van der Waals surface area contributed by atoms with E-state index in [2.05, 4.69) is 46.5 Å². The molecule has 4 heterocycles. The van der Waals surface area contributed by atoms with Gasteiger partial charge in [-0.25, -0.2) is 4.98 Å². The zero-order valence-corrected chi connectivity index (χ0v) is 17.0. The zero-order chi connectivity index (χ0) is 19.5. The number of aromatic nitrogens is 2. The van der Waals surface area contributed by atoms with Crippen molar-refractivity contribution in [2.45, 2.75) is 39.3 Å². The molecule has 0 aromatic carbocycles. The van der Waals surface area contributed by atoms with Gasteiger partial charge < -0.3 is 14.2 Å². The standard InChI is InChI=1S/C22H30N4O2/c1-17-14-20(18(2)26(17)15-19-6-5-13-28-19)21(27)16-24-9-11-25(12-10-24)22-7-3-4-8-23-22/h3-4,7-8,14,19H,5-6,9-13,15-16H2,1-2H3/p+2/t19-/m1/s1. The molecule has 0 unspecified atom stereocenters. The molecule has 2 aromatic rings. The monoisotopic (exact) mass is 384 g/mol. The first-order valence-electron chi connectivity index (χ1n) is 10.5. The number of nitrogens with one attached hydrogen (secondary N) is 2. The third-order valence-electron chi connectivity index (χ3n) is 6.20. The number of quaternary nitrogens is 1. The molecule has 2 saturated heterocycles. The summed E-state index contributed by atoms with van der Waals surface area (Å²) in [5.74, 6) is 1.42. The second-order valence-electron chi connectivity index (χ2n) is 8.12. The summed E-state index contributed by atoms with van der Waals surface area (Å²) >= 11 is 0. The molecule has 1 atom stereocenters. The molecule has 150 valence electrons. The fraction of sp³-hybridized carbons (Fsp3) is 0.545. The van der Waals surface area contributed by atoms with Crippen molar-refractivity contribution in [3.63, 3.8) is 0 Å². The van der Waals surface area contributed by atoms with Crippen molar-refractivity contribution in [3.05, 3.63) is 47.4 Å². The fourth-order valence-corrected chi connectivity index (χ4v) is 4.50. The number of ketones is 1. The summed E-state index contributed by atoms with van der Waals surface area (Å²) in [6.07, 6.45) is 4.52. The zero-order valence-electron chi connectivity index (χ0n) is 17.0. The highest BCUT2D eigenvalue weighted by Crippen LogP contribution is 2.20. The highest BCUT2D eigenvalue weighted by atomic mass is 16.5. The first-order chi connectivity index (χ1) is 13.6. The van der Waals surface area contributed by atoms with Gasteiger partial charge in [-0.3, -0.25) is 9.69 Å². The van der Waals surface area contributed by atoms with Gasteiger partial charge in [0.1, 0.15) is 32.7 Å². The van der Waals surface area contributed by atoms with Crippen molar-refractivity contribution in [3.8, 4) is 0 Å². The van der Waals surface area contributed by atoms with Crippen molar-refractivity contribution in [2.75, 3.05) is 44.2 Å². The number of piperazine rings is 1. The Labute approximate surface area is 167 Å². The van der Waals surface area contributed by atoms with E-state index >= 15 is 0 Å². The summed E-state index contributed by atoms with van der Waals surface area (Å²) in [4.78, 5) is 20.0. The number of H-pyrrole nitrogens is 1. The third kappa shape index (κ3) is 4.13. The maximum absolute atomic E-state index is 13.0. The average Bonchev–Trinajstić information content (AvgIpc) is 3.33. The van der Waals surface area contributed by atoms with E-state index in [0.717, 1.165) is 74.9 Å². The molecule has 2 aliphatic heterocycles. The van der Waals surface area contributed by atoms with E-state index < -0.39 is 0 Å². The summed E-state index contributed by atoms with van der Waals surface area (Å²) in [6.45, 7) is 10.4. The minimum atomic E-state index is 0.265. The van der Waals surface area contributed by atoms with Gasteiger partial charge in [0.25, 0.3) is 5.82 Å². The Morgan fingerprint density at radius 1 is 1.29 bits per heavy atom. The highest BCUT2D eigenvalue weighted by Gasteiger charge is 2.29. The van der Waals surface area contributed by atoms with Crippen LogP contribution in [0.4, 0.5) is 5.82 Å². The fourth-order valence-electron chi connectivity index (χ4n) is 4.50. The van der Waals surface area contributed by atoms with Gasteiger partial charge in [0.15, 0.2) is 0 Å². The van der Waals surface area contributed by atoms with Gasteiger partial charge in [-0.15, -0.1) is 0 Å². The molecule has 6 heteroatoms. The lowest BCUT2D eigenvalue weighted by Gasteiger charge is -2.27. The molecule has 28 heavy (non-hydrogen) atoms. The van der Waals surface area contributed by atoms with Crippen LogP contribution in [0.25, 0.3) is 0 Å². The maximum Gasteiger partial charge on any atom is 0.274 e. The number of hydrogen-bond acceptors (Lipinski definition) is 3. The topological polar surface area (TPSA) is 53.0 Å². The van der Waals surface area contributed by atoms with Crippen LogP contribution in [0.3, 0.4) is 0 Å². The molecule has 2 aliphatic rings. The molecule has 2 fully saturated rings. The van der Waals surface area contributed by atoms with Crippen molar-refractivity contribution in [1.82, 2.24) is 4.57 Å². The molecule has 2 N–H and O–H groups in total. The lowest BCUT2D eigenvalue weighted by molar-refractivity contribution is -0.892. The normalized spacial score (nSPS) is 20.6. The Balaban J connectivity index is 1.35. The number of Topliss-reactive ketones (excluding diaryl/α,β-unsaturated/α-hetero) is 1. The molecule has 6 nitrogen and oxygen atoms in total. The summed E-state index contributed by atoms with van der Waals surface area (Å²) in [7, 11) is 0. The number of carbonyl (C=O) groups excluding carboxylic acids is 1. The molecule has 0 radical (unpaired) electrons. The van der Waals surface area contributed by atoms with Gasteiger partial charge in [-0.2, -0.15) is 0 Å². The molecule has 0 amide bonds. The van der Waals surface area contributed by atoms with Crippen LogP contribution >= 0.6 is 0 Å². The van der Waals surface area contributed by atoms with Crippen molar-refractivity contribution in [2.24, 2.45) is 0 Å². The third-order valence-corrected chi connectivity index (χ3v) is 6.20. The number of hydrogen-bond donors (Lipinski definition) is 1. The predicted octanol–water partition coefficient (Wildman–Crippen LogP) is 0.686. The van der Waals surface area contributed by atoms with Crippen LogP contribution < -0.4 is 14.8 Å². The Morgan fingerprint density at radius 2 is 2.11 bits per heavy atom. The number of anilines is 1. The second kappa shape index (κ2) is 8.45. The summed E-state index contributed by atoms with van der Waals surface area (Å²) in [5.41, 5.74) is 3.15. The van der Waals surface area contributed by atoms with Crippen molar-refractivity contribution >= 4 is 11.6 Å². The molecule has 0 aliphatic carbocycles. The number of aryl methyl sites for hydroxylation is 1. The first kappa shape index (κ1) is 19.2. The molecule has 0 bridgehead atoms. The van der Waals surface area contributed by atoms with Gasteiger partial charge in [-0.05, 0) is 38.8 Å². The van der Waals surface area contributed by atoms with E-state index in [1.807, 2.05) is 12.3 Å². The summed E-state index contributed by atoms with van der Waals surface area (Å²) in [6, 6.07) is 8.24. The van der Waals surface area contributed by atoms with E-state index in [0.29, 0.717) is 12.6 Å². The van der Waals surface area contributed by atoms with Crippen LogP contribution in [0.2, 0.25) is 0 Å². The number of nitrogens with zero attached hydrogens (tertiary/aromatic N) is 2. The maximum atomic E-state index is 13.0. The SMILES string of the molecule is Cc1cc(C(=O)C[NH+]2CCN(c3cccc[nH+]3)CC2)c(C)n1C[C@H]1CCCO1. The smallest absolute Gasteiger partial charge is 0.274 e. The van der Waals surface area contributed by atoms with Crippen molar-refractivity contribution in [1.29, 1.82) is 0 Å². The minimum absolute atomic E-state index is 0.265. The van der Waals surface area contributed by atoms with E-state index in [4.69, 9.17) is 4.74 Å². The average molecular weight is 385 g/mol. The molecule has 2 aromatic heterocycles. The number of rotatable bonds is 6. The molecule has 0 saturated carbocycles. The highest BCUT2D eigenvalue weighted by molar-refractivity contribution is 5.98. The van der Waals surface area contributed by atoms with Crippen LogP contribution in [0.1, 0.15) is 34.6 Å². The molecule has 4 rings (SSSR count). The lowest BCUT2D eigenvalue weighted by atomic mass is 10.1. The second-order valence-corrected chi connectivity index (χ2v) is 8.12. The number of carbonyl (C=O) groups is 1. The Bertz CT molecular complexity index is 803. The first-order valence-corrected chi connectivity index (χ1v) is 10.5. The van der Waals surface area contributed by atoms with Crippen LogP contribution in [0, 0.1) is 13.8 Å². The Kier molecular flexibility index (Phi) is 5.78. The van der Waals surface area contributed by atoms with Crippen LogP contribution in [-0.4, -0.2) is 55.8 Å². The molecule has 0 spiro atoms. The summed E-state index contributed by atoms with van der Waals surface area (Å²) < 4.78 is 8.05. The number of aromatic amines is 1. The van der Waals surface area contributed by atoms with E-state index in [-0.39, 0.29) is 5.78 Å². The molecular formula is C22H32N4O2+2. The quantitative estimate of drug-likeness (QED) is 0.746. The minimum Gasteiger partial charge on any atom is -0.376 e. The Morgan fingerprint density at radius 3 is 2.79 bits per heavy atom. The van der Waals surface area contributed by atoms with Crippen LogP contribution in [0.15, 0.2) is 30.5 Å².